The summed E-state index contributed by atoms with van der Waals surface area (Å²) in [5.74, 6) is -1.22. The first-order valence-electron chi connectivity index (χ1n) is 18.3. The van der Waals surface area contributed by atoms with E-state index in [-0.39, 0.29) is 49.5 Å². The number of amides is 3. The number of ether oxygens (including phenoxy) is 4. The van der Waals surface area contributed by atoms with E-state index in [2.05, 4.69) is 16.0 Å². The lowest BCUT2D eigenvalue weighted by atomic mass is 10.0. The molecule has 0 spiro atoms. The maximum Gasteiger partial charge on any atom is 0.412 e. The van der Waals surface area contributed by atoms with Crippen LogP contribution in [-0.4, -0.2) is 80.0 Å². The molecule has 2 rings (SSSR count). The molecule has 0 radical (unpaired) electrons. The van der Waals surface area contributed by atoms with E-state index in [1.165, 1.54) is 28.6 Å². The molecule has 2 aromatic carbocycles. The lowest BCUT2D eigenvalue weighted by Crippen LogP contribution is -2.48. The van der Waals surface area contributed by atoms with Crippen molar-refractivity contribution in [1.82, 2.24) is 14.9 Å². The van der Waals surface area contributed by atoms with Crippen LogP contribution in [-0.2, 0) is 40.4 Å². The van der Waals surface area contributed by atoms with Gasteiger partial charge in [-0.2, -0.15) is 4.31 Å². The molecule has 0 aromatic heterocycles. The van der Waals surface area contributed by atoms with Gasteiger partial charge in [-0.05, 0) is 102 Å². The molecule has 2 atom stereocenters. The molecule has 3 amide bonds. The molecular weight excluding hydrogens is 717 g/mol. The van der Waals surface area contributed by atoms with Gasteiger partial charge in [0.15, 0.2) is 0 Å². The van der Waals surface area contributed by atoms with Crippen LogP contribution in [0.1, 0.15) is 94.1 Å². The fraction of sp³-hybridized carbons (Fsp3) is 0.590. The number of nitrogens with zero attached hydrogens (tertiary/aromatic N) is 1. The maximum absolute atomic E-state index is 14.3. The predicted octanol–water partition coefficient (Wildman–Crippen LogP) is 7.24. The summed E-state index contributed by atoms with van der Waals surface area (Å²) < 4.78 is 51.6. The number of unbranched alkanes of at least 4 members (excludes halogenated alkanes) is 1. The summed E-state index contributed by atoms with van der Waals surface area (Å²) in [6.07, 6.45) is -0.784. The summed E-state index contributed by atoms with van der Waals surface area (Å²) in [4.78, 5) is 50.6. The van der Waals surface area contributed by atoms with Crippen molar-refractivity contribution in [2.45, 2.75) is 123 Å². The van der Waals surface area contributed by atoms with Gasteiger partial charge in [-0.1, -0.05) is 58.0 Å². The van der Waals surface area contributed by atoms with Crippen LogP contribution in [0, 0.1) is 11.8 Å². The van der Waals surface area contributed by atoms with Crippen molar-refractivity contribution >= 4 is 40.0 Å². The molecule has 0 aliphatic heterocycles. The third-order valence-corrected chi connectivity index (χ3v) is 9.45. The standard InChI is InChI=1S/C39H60N4O10S/c1-27(2)24-43(54(48,49)32-21-19-30(20-22-32)41-37(47)53-39(8,9)10)31(18-14-15-23-40-35(45)52-38(5,6)7)26-50-34(44)33(28(3)4)42-36(46)51-25-29-16-12-11-13-17-29/h11-13,16-17,19-22,27-28,31,33H,14-15,18,23-26H2,1-10H3,(H,40,45)(H,41,47)(H,42,46)/t31?,33-/m0/s1. The molecular formula is C39H60N4O10S. The normalized spacial score (nSPS) is 13.2. The van der Waals surface area contributed by atoms with Crippen LogP contribution >= 0.6 is 0 Å². The van der Waals surface area contributed by atoms with E-state index >= 15 is 0 Å². The van der Waals surface area contributed by atoms with E-state index in [4.69, 9.17) is 18.9 Å². The topological polar surface area (TPSA) is 179 Å². The minimum atomic E-state index is -4.16. The number of carbonyl (C=O) groups is 4. The first-order chi connectivity index (χ1) is 25.1. The molecule has 54 heavy (non-hydrogen) atoms. The quantitative estimate of drug-likeness (QED) is 0.0794. The van der Waals surface area contributed by atoms with Gasteiger partial charge in [-0.15, -0.1) is 0 Å². The number of sulfonamides is 1. The minimum Gasteiger partial charge on any atom is -0.462 e. The van der Waals surface area contributed by atoms with E-state index in [0.717, 1.165) is 5.56 Å². The Morgan fingerprint density at radius 2 is 1.35 bits per heavy atom. The molecule has 0 aliphatic carbocycles. The Labute approximate surface area is 321 Å². The summed E-state index contributed by atoms with van der Waals surface area (Å²) in [5.41, 5.74) is -0.251. The fourth-order valence-electron chi connectivity index (χ4n) is 5.05. The Kier molecular flexibility index (Phi) is 17.7. The van der Waals surface area contributed by atoms with E-state index < -0.39 is 57.6 Å². The van der Waals surface area contributed by atoms with Crippen LogP contribution < -0.4 is 16.0 Å². The number of rotatable bonds is 18. The Balaban J connectivity index is 2.28. The molecule has 14 nitrogen and oxygen atoms in total. The average Bonchev–Trinajstić information content (AvgIpc) is 3.05. The first-order valence-corrected chi connectivity index (χ1v) is 19.7. The molecule has 15 heteroatoms. The van der Waals surface area contributed by atoms with Crippen LogP contribution in [0.2, 0.25) is 0 Å². The highest BCUT2D eigenvalue weighted by molar-refractivity contribution is 7.89. The summed E-state index contributed by atoms with van der Waals surface area (Å²) in [6, 6.07) is 13.0. The highest BCUT2D eigenvalue weighted by Gasteiger charge is 2.34. The molecule has 0 bridgehead atoms. The zero-order chi connectivity index (χ0) is 40.7. The van der Waals surface area contributed by atoms with Crippen molar-refractivity contribution in [3.63, 3.8) is 0 Å². The third-order valence-electron chi connectivity index (χ3n) is 7.52. The second-order valence-electron chi connectivity index (χ2n) is 15.8. The van der Waals surface area contributed by atoms with Crippen molar-refractivity contribution in [3.8, 4) is 0 Å². The largest absolute Gasteiger partial charge is 0.462 e. The second kappa shape index (κ2) is 20.9. The molecule has 302 valence electrons. The molecule has 3 N–H and O–H groups in total. The van der Waals surface area contributed by atoms with Gasteiger partial charge in [0.1, 0.15) is 30.5 Å². The minimum absolute atomic E-state index is 0.0114. The van der Waals surface area contributed by atoms with E-state index in [9.17, 15) is 27.6 Å². The van der Waals surface area contributed by atoms with Gasteiger partial charge >= 0.3 is 24.2 Å². The lowest BCUT2D eigenvalue weighted by molar-refractivity contribution is -0.148. The van der Waals surface area contributed by atoms with E-state index in [1.807, 2.05) is 44.2 Å². The van der Waals surface area contributed by atoms with E-state index in [1.54, 1.807) is 55.4 Å². The number of hydrogen-bond donors (Lipinski definition) is 3. The van der Waals surface area contributed by atoms with Crippen LogP contribution in [0.5, 0.6) is 0 Å². The Morgan fingerprint density at radius 1 is 0.759 bits per heavy atom. The van der Waals surface area contributed by atoms with Gasteiger partial charge in [0, 0.05) is 18.8 Å². The number of alkyl carbamates (subject to hydrolysis) is 2. The number of anilines is 1. The smallest absolute Gasteiger partial charge is 0.412 e. The van der Waals surface area contributed by atoms with Crippen molar-refractivity contribution in [3.05, 3.63) is 60.2 Å². The van der Waals surface area contributed by atoms with Gasteiger partial charge in [-0.25, -0.2) is 27.6 Å². The van der Waals surface area contributed by atoms with Crippen LogP contribution in [0.15, 0.2) is 59.5 Å². The van der Waals surface area contributed by atoms with Crippen molar-refractivity contribution in [2.24, 2.45) is 11.8 Å². The van der Waals surface area contributed by atoms with Crippen LogP contribution in [0.4, 0.5) is 20.1 Å². The number of carbonyl (C=O) groups excluding carboxylic acids is 4. The summed E-state index contributed by atoms with van der Waals surface area (Å²) in [6.45, 7) is 17.8. The Morgan fingerprint density at radius 3 is 1.91 bits per heavy atom. The van der Waals surface area contributed by atoms with Gasteiger partial charge in [-0.3, -0.25) is 5.32 Å². The molecule has 0 fully saturated rings. The van der Waals surface area contributed by atoms with Crippen molar-refractivity contribution in [2.75, 3.05) is 25.0 Å². The third kappa shape index (κ3) is 17.2. The Hall–Kier alpha value is -4.37. The second-order valence-corrected chi connectivity index (χ2v) is 17.6. The summed E-state index contributed by atoms with van der Waals surface area (Å²) in [7, 11) is -4.16. The van der Waals surface area contributed by atoms with Crippen molar-refractivity contribution in [1.29, 1.82) is 0 Å². The predicted molar refractivity (Wildman–Crippen MR) is 206 cm³/mol. The number of nitrogens with one attached hydrogen (secondary N) is 3. The lowest BCUT2D eigenvalue weighted by Gasteiger charge is -2.32. The van der Waals surface area contributed by atoms with Gasteiger partial charge in [0.05, 0.1) is 10.9 Å². The van der Waals surface area contributed by atoms with Crippen LogP contribution in [0.3, 0.4) is 0 Å². The SMILES string of the molecule is CC(C)CN(C(CCCCNC(=O)OC(C)(C)C)COC(=O)[C@@H](NC(=O)OCc1ccccc1)C(C)C)S(=O)(=O)c1ccc(NC(=O)OC(C)(C)C)cc1. The summed E-state index contributed by atoms with van der Waals surface area (Å²) >= 11 is 0. The molecule has 2 aromatic rings. The summed E-state index contributed by atoms with van der Waals surface area (Å²) in [5, 5.41) is 7.89. The fourth-order valence-corrected chi connectivity index (χ4v) is 6.85. The zero-order valence-electron chi connectivity index (χ0n) is 33.4. The van der Waals surface area contributed by atoms with Crippen LogP contribution in [0.25, 0.3) is 0 Å². The molecule has 0 saturated heterocycles. The molecule has 0 aliphatic rings. The van der Waals surface area contributed by atoms with Crippen molar-refractivity contribution < 1.29 is 46.5 Å². The monoisotopic (exact) mass is 776 g/mol. The number of benzene rings is 2. The molecule has 1 unspecified atom stereocenters. The maximum atomic E-state index is 14.3. The Bertz CT molecular complexity index is 1600. The highest BCUT2D eigenvalue weighted by atomic mass is 32.2. The first kappa shape index (κ1) is 45.8. The highest BCUT2D eigenvalue weighted by Crippen LogP contribution is 2.25. The molecule has 0 heterocycles. The van der Waals surface area contributed by atoms with Gasteiger partial charge < -0.3 is 29.6 Å². The average molecular weight is 777 g/mol. The zero-order valence-corrected chi connectivity index (χ0v) is 34.2. The number of esters is 1. The molecule has 0 saturated carbocycles. The van der Waals surface area contributed by atoms with Gasteiger partial charge in [0.2, 0.25) is 10.0 Å². The number of hydrogen-bond acceptors (Lipinski definition) is 10. The van der Waals surface area contributed by atoms with Gasteiger partial charge in [0.25, 0.3) is 0 Å². The van der Waals surface area contributed by atoms with E-state index in [0.29, 0.717) is 18.5 Å².